The lowest BCUT2D eigenvalue weighted by molar-refractivity contribution is -0.273. The van der Waals surface area contributed by atoms with Crippen molar-refractivity contribution >= 4 is 56.6 Å². The minimum absolute atomic E-state index is 0.0807. The van der Waals surface area contributed by atoms with Gasteiger partial charge in [-0.15, -0.1) is 11.8 Å². The van der Waals surface area contributed by atoms with Gasteiger partial charge in [-0.2, -0.15) is 13.2 Å². The van der Waals surface area contributed by atoms with E-state index in [1.54, 1.807) is 12.1 Å². The molecule has 1 aliphatic rings. The van der Waals surface area contributed by atoms with Crippen LogP contribution in [0.15, 0.2) is 52.5 Å². The number of hydrogen-bond donors (Lipinski definition) is 0. The van der Waals surface area contributed by atoms with Crippen LogP contribution in [0.4, 0.5) is 13.2 Å². The van der Waals surface area contributed by atoms with Crippen molar-refractivity contribution in [1.82, 2.24) is 0 Å². The van der Waals surface area contributed by atoms with Gasteiger partial charge in [-0.1, -0.05) is 56.4 Å². The highest BCUT2D eigenvalue weighted by atomic mass is 79.9. The molecule has 9 heteroatoms. The monoisotopic (exact) mass is 483 g/mol. The van der Waals surface area contributed by atoms with E-state index in [9.17, 15) is 13.2 Å². The van der Waals surface area contributed by atoms with E-state index in [-0.39, 0.29) is 21.3 Å². The minimum atomic E-state index is -4.76. The highest BCUT2D eigenvalue weighted by Crippen LogP contribution is 2.52. The number of halogens is 6. The van der Waals surface area contributed by atoms with Crippen molar-refractivity contribution in [2.24, 2.45) is 5.16 Å². The molecule has 2 aromatic rings. The van der Waals surface area contributed by atoms with E-state index < -0.39 is 16.6 Å². The SMILES string of the molecule is CSc1ccc(C2=NOC(c3cc(Cl)cc(Cl)c3)(C(F)(F)F)C2Br)cc1. The third-order valence-corrected chi connectivity index (χ3v) is 6.24. The number of alkyl halides is 4. The van der Waals surface area contributed by atoms with Crippen LogP contribution in [0.1, 0.15) is 11.1 Å². The molecule has 2 unspecified atom stereocenters. The Morgan fingerprint density at radius 3 is 2.19 bits per heavy atom. The first-order valence-electron chi connectivity index (χ1n) is 7.27. The first-order valence-corrected chi connectivity index (χ1v) is 10.2. The smallest absolute Gasteiger partial charge is 0.373 e. The number of oxime groups is 1. The minimum Gasteiger partial charge on any atom is -0.373 e. The van der Waals surface area contributed by atoms with Crippen LogP contribution in [-0.2, 0) is 10.4 Å². The second kappa shape index (κ2) is 7.26. The maximum atomic E-state index is 14.1. The Bertz CT molecular complexity index is 840. The predicted octanol–water partition coefficient (Wildman–Crippen LogP) is 6.67. The molecule has 3 rings (SSSR count). The Labute approximate surface area is 170 Å². The third kappa shape index (κ3) is 3.35. The number of rotatable bonds is 3. The first-order chi connectivity index (χ1) is 12.2. The molecule has 0 amide bonds. The molecule has 0 aliphatic carbocycles. The van der Waals surface area contributed by atoms with E-state index in [1.165, 1.54) is 30.0 Å². The van der Waals surface area contributed by atoms with Crippen LogP contribution in [0.3, 0.4) is 0 Å². The molecule has 0 saturated heterocycles. The van der Waals surface area contributed by atoms with E-state index in [2.05, 4.69) is 21.1 Å². The quantitative estimate of drug-likeness (QED) is 0.358. The van der Waals surface area contributed by atoms with Gasteiger partial charge in [0.1, 0.15) is 10.5 Å². The number of thioether (sulfide) groups is 1. The fourth-order valence-corrected chi connectivity index (χ4v) is 4.58. The van der Waals surface area contributed by atoms with Gasteiger partial charge in [0.25, 0.3) is 5.60 Å². The van der Waals surface area contributed by atoms with Gasteiger partial charge in [0.15, 0.2) is 0 Å². The summed E-state index contributed by atoms with van der Waals surface area (Å²) in [6.07, 6.45) is -2.85. The van der Waals surface area contributed by atoms with Crippen molar-refractivity contribution in [3.63, 3.8) is 0 Å². The summed E-state index contributed by atoms with van der Waals surface area (Å²) in [6.45, 7) is 0. The van der Waals surface area contributed by atoms with Crippen LogP contribution in [0.2, 0.25) is 10.0 Å². The molecule has 0 aromatic heterocycles. The van der Waals surface area contributed by atoms with E-state index >= 15 is 0 Å². The molecule has 1 aliphatic heterocycles. The van der Waals surface area contributed by atoms with Crippen LogP contribution >= 0.6 is 50.9 Å². The van der Waals surface area contributed by atoms with Crippen LogP contribution in [0.5, 0.6) is 0 Å². The Kier molecular flexibility index (Phi) is 5.55. The van der Waals surface area contributed by atoms with Crippen LogP contribution in [0, 0.1) is 0 Å². The van der Waals surface area contributed by atoms with Crippen LogP contribution in [0.25, 0.3) is 0 Å². The van der Waals surface area contributed by atoms with E-state index in [0.717, 1.165) is 4.90 Å². The lowest BCUT2D eigenvalue weighted by atomic mass is 9.86. The molecular formula is C17H11BrCl2F3NOS. The van der Waals surface area contributed by atoms with Crippen molar-refractivity contribution in [1.29, 1.82) is 0 Å². The van der Waals surface area contributed by atoms with E-state index in [4.69, 9.17) is 28.0 Å². The standard InChI is InChI=1S/C17H11BrCl2F3NOS/c1-26-13-4-2-9(3-5-13)14-15(18)16(25-24-14,17(21,22)23)10-6-11(19)8-12(20)7-10/h2-8,15H,1H3. The highest BCUT2D eigenvalue weighted by molar-refractivity contribution is 9.10. The summed E-state index contributed by atoms with van der Waals surface area (Å²) >= 11 is 16.5. The Hall–Kier alpha value is -0.890. The molecule has 0 spiro atoms. The summed E-state index contributed by atoms with van der Waals surface area (Å²) in [5, 5.41) is 3.92. The summed E-state index contributed by atoms with van der Waals surface area (Å²) < 4.78 is 42.3. The maximum Gasteiger partial charge on any atom is 0.436 e. The average molecular weight is 485 g/mol. The largest absolute Gasteiger partial charge is 0.436 e. The summed E-state index contributed by atoms with van der Waals surface area (Å²) in [5.41, 5.74) is -2.27. The zero-order valence-electron chi connectivity index (χ0n) is 13.2. The van der Waals surface area contributed by atoms with Gasteiger partial charge < -0.3 is 4.84 Å². The second-order valence-electron chi connectivity index (χ2n) is 5.55. The average Bonchev–Trinajstić information content (AvgIpc) is 2.92. The maximum absolute atomic E-state index is 14.1. The lowest BCUT2D eigenvalue weighted by Crippen LogP contribution is -2.50. The van der Waals surface area contributed by atoms with Crippen molar-refractivity contribution in [2.75, 3.05) is 6.26 Å². The van der Waals surface area contributed by atoms with Gasteiger partial charge in [0.2, 0.25) is 0 Å². The third-order valence-electron chi connectivity index (χ3n) is 3.98. The van der Waals surface area contributed by atoms with Crippen molar-refractivity contribution in [3.05, 3.63) is 63.6 Å². The molecule has 2 nitrogen and oxygen atoms in total. The van der Waals surface area contributed by atoms with Gasteiger partial charge >= 0.3 is 6.18 Å². The van der Waals surface area contributed by atoms with Gasteiger partial charge in [0.05, 0.1) is 0 Å². The Morgan fingerprint density at radius 2 is 1.69 bits per heavy atom. The molecule has 2 atom stereocenters. The molecule has 0 saturated carbocycles. The molecule has 138 valence electrons. The molecule has 1 heterocycles. The Balaban J connectivity index is 2.08. The van der Waals surface area contributed by atoms with Crippen molar-refractivity contribution in [3.8, 4) is 0 Å². The zero-order chi connectivity index (χ0) is 19.1. The van der Waals surface area contributed by atoms with Gasteiger partial charge in [0, 0.05) is 26.1 Å². The zero-order valence-corrected chi connectivity index (χ0v) is 17.1. The number of nitrogens with zero attached hydrogens (tertiary/aromatic N) is 1. The molecular weight excluding hydrogens is 474 g/mol. The molecule has 0 fully saturated rings. The Morgan fingerprint density at radius 1 is 1.12 bits per heavy atom. The fourth-order valence-electron chi connectivity index (χ4n) is 2.69. The summed E-state index contributed by atoms with van der Waals surface area (Å²) in [5.74, 6) is 0. The summed E-state index contributed by atoms with van der Waals surface area (Å²) in [7, 11) is 0. The number of benzene rings is 2. The molecule has 0 radical (unpaired) electrons. The highest BCUT2D eigenvalue weighted by Gasteiger charge is 2.67. The molecule has 0 N–H and O–H groups in total. The fraction of sp³-hybridized carbons (Fsp3) is 0.235. The second-order valence-corrected chi connectivity index (χ2v) is 8.22. The topological polar surface area (TPSA) is 21.6 Å². The van der Waals surface area contributed by atoms with Crippen LogP contribution < -0.4 is 0 Å². The first kappa shape index (κ1) is 19.9. The normalized spacial score (nSPS) is 22.9. The van der Waals surface area contributed by atoms with Crippen molar-refractivity contribution in [2.45, 2.75) is 21.5 Å². The van der Waals surface area contributed by atoms with Gasteiger partial charge in [-0.25, -0.2) is 0 Å². The number of hydrogen-bond acceptors (Lipinski definition) is 3. The predicted molar refractivity (Wildman–Crippen MR) is 103 cm³/mol. The van der Waals surface area contributed by atoms with Crippen molar-refractivity contribution < 1.29 is 18.0 Å². The van der Waals surface area contributed by atoms with Crippen LogP contribution in [-0.4, -0.2) is 23.0 Å². The summed E-state index contributed by atoms with van der Waals surface area (Å²) in [4.78, 5) is 4.75. The molecule has 2 aromatic carbocycles. The lowest BCUT2D eigenvalue weighted by Gasteiger charge is -2.32. The van der Waals surface area contributed by atoms with Gasteiger partial charge in [-0.05, 0) is 36.6 Å². The molecule has 26 heavy (non-hydrogen) atoms. The van der Waals surface area contributed by atoms with E-state index in [1.807, 2.05) is 18.4 Å². The summed E-state index contributed by atoms with van der Waals surface area (Å²) in [6, 6.07) is 10.8. The van der Waals surface area contributed by atoms with Gasteiger partial charge in [-0.3, -0.25) is 0 Å². The van der Waals surface area contributed by atoms with E-state index in [0.29, 0.717) is 5.56 Å². The molecule has 0 bridgehead atoms.